The zero-order chi connectivity index (χ0) is 14.5. The summed E-state index contributed by atoms with van der Waals surface area (Å²) in [5.74, 6) is -1.28. The Hall–Kier alpha value is -1.31. The molecule has 0 aromatic carbocycles. The summed E-state index contributed by atoms with van der Waals surface area (Å²) < 4.78 is 39.7. The molecule has 0 spiro atoms. The Kier molecular flexibility index (Phi) is 5.59. The molecule has 1 saturated heterocycles. The fraction of sp³-hybridized carbons (Fsp3) is 0.818. The number of halogens is 3. The standard InChI is InChI=1S/C11H16F3NO4/c12-11(13,14)7-19-4-2-9(16)15-3-1-8(6-15)5-10(17)18/h8H,1-7H2,(H,17,18). The van der Waals surface area contributed by atoms with Gasteiger partial charge in [0.05, 0.1) is 13.0 Å². The zero-order valence-electron chi connectivity index (χ0n) is 10.3. The molecule has 5 nitrogen and oxygen atoms in total. The van der Waals surface area contributed by atoms with E-state index >= 15 is 0 Å². The van der Waals surface area contributed by atoms with Crippen molar-refractivity contribution in [3.05, 3.63) is 0 Å². The Morgan fingerprint density at radius 3 is 2.63 bits per heavy atom. The van der Waals surface area contributed by atoms with Crippen molar-refractivity contribution in [1.29, 1.82) is 0 Å². The summed E-state index contributed by atoms with van der Waals surface area (Å²) in [7, 11) is 0. The number of rotatable bonds is 6. The summed E-state index contributed by atoms with van der Waals surface area (Å²) in [6, 6.07) is 0. The Balaban J connectivity index is 2.19. The minimum absolute atomic E-state index is 0.00829. The predicted octanol–water partition coefficient (Wildman–Crippen LogP) is 1.28. The molecular weight excluding hydrogens is 267 g/mol. The lowest BCUT2D eigenvalue weighted by molar-refractivity contribution is -0.175. The molecule has 1 unspecified atom stereocenters. The number of ether oxygens (including phenoxy) is 1. The van der Waals surface area contributed by atoms with Crippen molar-refractivity contribution in [1.82, 2.24) is 4.90 Å². The molecule has 0 radical (unpaired) electrons. The second-order valence-electron chi connectivity index (χ2n) is 4.51. The third-order valence-electron chi connectivity index (χ3n) is 2.83. The van der Waals surface area contributed by atoms with Crippen LogP contribution in [0, 0.1) is 5.92 Å². The van der Waals surface area contributed by atoms with Gasteiger partial charge in [-0.1, -0.05) is 0 Å². The molecule has 1 N–H and O–H groups in total. The SMILES string of the molecule is O=C(O)CC1CCN(C(=O)CCOCC(F)(F)F)C1. The predicted molar refractivity (Wildman–Crippen MR) is 58.4 cm³/mol. The lowest BCUT2D eigenvalue weighted by Gasteiger charge is -2.16. The number of likely N-dealkylation sites (tertiary alicyclic amines) is 1. The maximum absolute atomic E-state index is 11.8. The molecule has 1 atom stereocenters. The first-order valence-corrected chi connectivity index (χ1v) is 5.92. The van der Waals surface area contributed by atoms with Gasteiger partial charge in [0.2, 0.25) is 5.91 Å². The van der Waals surface area contributed by atoms with Crippen molar-refractivity contribution in [2.75, 3.05) is 26.3 Å². The lowest BCUT2D eigenvalue weighted by Crippen LogP contribution is -2.30. The first-order chi connectivity index (χ1) is 8.78. The summed E-state index contributed by atoms with van der Waals surface area (Å²) in [5.41, 5.74) is 0. The fourth-order valence-electron chi connectivity index (χ4n) is 1.98. The van der Waals surface area contributed by atoms with Gasteiger partial charge in [-0.05, 0) is 12.3 Å². The maximum atomic E-state index is 11.8. The van der Waals surface area contributed by atoms with E-state index in [1.54, 1.807) is 0 Å². The van der Waals surface area contributed by atoms with Crippen molar-refractivity contribution in [3.8, 4) is 0 Å². The van der Waals surface area contributed by atoms with Gasteiger partial charge in [-0.15, -0.1) is 0 Å². The van der Waals surface area contributed by atoms with Crippen LogP contribution in [0.2, 0.25) is 0 Å². The maximum Gasteiger partial charge on any atom is 0.411 e. The van der Waals surface area contributed by atoms with Crippen molar-refractivity contribution >= 4 is 11.9 Å². The number of hydrogen-bond acceptors (Lipinski definition) is 3. The van der Waals surface area contributed by atoms with E-state index in [0.29, 0.717) is 19.5 Å². The molecule has 1 aliphatic heterocycles. The van der Waals surface area contributed by atoms with E-state index in [9.17, 15) is 22.8 Å². The molecule has 1 aliphatic rings. The minimum Gasteiger partial charge on any atom is -0.481 e. The van der Waals surface area contributed by atoms with Gasteiger partial charge in [0.1, 0.15) is 6.61 Å². The van der Waals surface area contributed by atoms with Gasteiger partial charge in [0.15, 0.2) is 0 Å². The van der Waals surface area contributed by atoms with Gasteiger partial charge in [0.25, 0.3) is 0 Å². The normalized spacial score (nSPS) is 19.7. The highest BCUT2D eigenvalue weighted by atomic mass is 19.4. The Labute approximate surface area is 108 Å². The number of carboxylic acid groups (broad SMARTS) is 1. The van der Waals surface area contributed by atoms with E-state index in [-0.39, 0.29) is 31.3 Å². The van der Waals surface area contributed by atoms with Crippen LogP contribution in [0.25, 0.3) is 0 Å². The summed E-state index contributed by atoms with van der Waals surface area (Å²) >= 11 is 0. The van der Waals surface area contributed by atoms with Gasteiger partial charge in [-0.2, -0.15) is 13.2 Å². The average Bonchev–Trinajstić information content (AvgIpc) is 2.70. The number of alkyl halides is 3. The van der Waals surface area contributed by atoms with Gasteiger partial charge in [-0.25, -0.2) is 0 Å². The van der Waals surface area contributed by atoms with Gasteiger partial charge in [-0.3, -0.25) is 9.59 Å². The number of aliphatic carboxylic acids is 1. The number of carboxylic acids is 1. The topological polar surface area (TPSA) is 66.8 Å². The molecule has 0 saturated carbocycles. The number of carbonyl (C=O) groups excluding carboxylic acids is 1. The van der Waals surface area contributed by atoms with Crippen LogP contribution in [-0.2, 0) is 14.3 Å². The molecule has 19 heavy (non-hydrogen) atoms. The average molecular weight is 283 g/mol. The summed E-state index contributed by atoms with van der Waals surface area (Å²) in [6.45, 7) is -0.833. The number of hydrogen-bond donors (Lipinski definition) is 1. The highest BCUT2D eigenvalue weighted by Crippen LogP contribution is 2.20. The third-order valence-corrected chi connectivity index (χ3v) is 2.83. The summed E-state index contributed by atoms with van der Waals surface area (Å²) in [6.07, 6.45) is -3.88. The quantitative estimate of drug-likeness (QED) is 0.746. The molecule has 0 bridgehead atoms. The fourth-order valence-corrected chi connectivity index (χ4v) is 1.98. The molecule has 110 valence electrons. The van der Waals surface area contributed by atoms with Crippen LogP contribution in [0.1, 0.15) is 19.3 Å². The van der Waals surface area contributed by atoms with Crippen molar-refractivity contribution in [3.63, 3.8) is 0 Å². The Bertz CT molecular complexity index is 332. The first-order valence-electron chi connectivity index (χ1n) is 5.92. The van der Waals surface area contributed by atoms with Crippen LogP contribution in [-0.4, -0.2) is 54.4 Å². The molecule has 1 rings (SSSR count). The molecule has 1 amide bonds. The minimum atomic E-state index is -4.39. The van der Waals surface area contributed by atoms with Crippen LogP contribution in [0.5, 0.6) is 0 Å². The first kappa shape index (κ1) is 15.7. The molecule has 0 aromatic heterocycles. The van der Waals surface area contributed by atoms with Crippen LogP contribution in [0.3, 0.4) is 0 Å². The van der Waals surface area contributed by atoms with E-state index in [2.05, 4.69) is 4.74 Å². The molecule has 8 heteroatoms. The van der Waals surface area contributed by atoms with Crippen LogP contribution >= 0.6 is 0 Å². The lowest BCUT2D eigenvalue weighted by atomic mass is 10.1. The van der Waals surface area contributed by atoms with Crippen LogP contribution in [0.4, 0.5) is 13.2 Å². The van der Waals surface area contributed by atoms with Crippen molar-refractivity contribution in [2.45, 2.75) is 25.4 Å². The second-order valence-corrected chi connectivity index (χ2v) is 4.51. The molecule has 1 heterocycles. The van der Waals surface area contributed by atoms with E-state index in [1.165, 1.54) is 4.90 Å². The van der Waals surface area contributed by atoms with Gasteiger partial charge >= 0.3 is 12.1 Å². The highest BCUT2D eigenvalue weighted by Gasteiger charge is 2.29. The van der Waals surface area contributed by atoms with E-state index < -0.39 is 18.8 Å². The number of amides is 1. The van der Waals surface area contributed by atoms with Crippen LogP contribution in [0.15, 0.2) is 0 Å². The largest absolute Gasteiger partial charge is 0.481 e. The molecule has 0 aliphatic carbocycles. The smallest absolute Gasteiger partial charge is 0.411 e. The highest BCUT2D eigenvalue weighted by molar-refractivity contribution is 5.76. The monoisotopic (exact) mass is 283 g/mol. The Morgan fingerprint density at radius 2 is 2.05 bits per heavy atom. The molecule has 1 fully saturated rings. The number of nitrogens with zero attached hydrogens (tertiary/aromatic N) is 1. The van der Waals surface area contributed by atoms with E-state index in [4.69, 9.17) is 5.11 Å². The Morgan fingerprint density at radius 1 is 1.37 bits per heavy atom. The van der Waals surface area contributed by atoms with Crippen LogP contribution < -0.4 is 0 Å². The molecule has 0 aromatic rings. The van der Waals surface area contributed by atoms with Crippen molar-refractivity contribution in [2.24, 2.45) is 5.92 Å². The zero-order valence-corrected chi connectivity index (χ0v) is 10.3. The summed E-state index contributed by atoms with van der Waals surface area (Å²) in [5, 5.41) is 8.62. The number of carbonyl (C=O) groups is 2. The second kappa shape index (κ2) is 6.74. The van der Waals surface area contributed by atoms with Crippen molar-refractivity contribution < 1.29 is 32.6 Å². The van der Waals surface area contributed by atoms with Gasteiger partial charge in [0, 0.05) is 19.5 Å². The summed E-state index contributed by atoms with van der Waals surface area (Å²) in [4.78, 5) is 23.6. The van der Waals surface area contributed by atoms with Gasteiger partial charge < -0.3 is 14.7 Å². The van der Waals surface area contributed by atoms with E-state index in [1.807, 2.05) is 0 Å². The molecular formula is C11H16F3NO4. The third kappa shape index (κ3) is 6.42. The van der Waals surface area contributed by atoms with E-state index in [0.717, 1.165) is 0 Å².